The van der Waals surface area contributed by atoms with Gasteiger partial charge in [-0.25, -0.2) is 4.79 Å². The number of benzene rings is 1. The fourth-order valence-electron chi connectivity index (χ4n) is 3.24. The Morgan fingerprint density at radius 2 is 2.10 bits per heavy atom. The minimum atomic E-state index is -0.244. The number of esters is 1. The summed E-state index contributed by atoms with van der Waals surface area (Å²) in [6.45, 7) is 2.25. The number of fused-ring (bicyclic) bond motifs is 1. The highest BCUT2D eigenvalue weighted by Crippen LogP contribution is 2.35. The first-order valence-corrected chi connectivity index (χ1v) is 7.93. The molecule has 0 unspecified atom stereocenters. The van der Waals surface area contributed by atoms with Gasteiger partial charge in [-0.15, -0.1) is 0 Å². The molecule has 1 aromatic carbocycles. The zero-order valence-corrected chi connectivity index (χ0v) is 12.6. The van der Waals surface area contributed by atoms with E-state index in [2.05, 4.69) is 12.1 Å². The lowest BCUT2D eigenvalue weighted by atomic mass is 10.1. The van der Waals surface area contributed by atoms with Gasteiger partial charge in [-0.05, 0) is 74.3 Å². The van der Waals surface area contributed by atoms with Crippen LogP contribution < -0.4 is 4.74 Å². The smallest absolute Gasteiger partial charge is 0.331 e. The molecule has 0 heterocycles. The lowest BCUT2D eigenvalue weighted by Gasteiger charge is -2.14. The Balaban J connectivity index is 1.73. The summed E-state index contributed by atoms with van der Waals surface area (Å²) in [6.07, 6.45) is 8.80. The van der Waals surface area contributed by atoms with E-state index in [1.165, 1.54) is 36.8 Å². The van der Waals surface area contributed by atoms with Gasteiger partial charge in [0.1, 0.15) is 5.75 Å². The molecule has 0 amide bonds. The lowest BCUT2D eigenvalue weighted by Crippen LogP contribution is -2.10. The Bertz CT molecular complexity index is 554. The average molecular weight is 286 g/mol. The van der Waals surface area contributed by atoms with E-state index >= 15 is 0 Å². The van der Waals surface area contributed by atoms with Crippen molar-refractivity contribution in [2.24, 2.45) is 0 Å². The molecule has 3 rings (SSSR count). The molecule has 0 aliphatic heterocycles. The molecule has 2 aliphatic carbocycles. The quantitative estimate of drug-likeness (QED) is 0.622. The van der Waals surface area contributed by atoms with Gasteiger partial charge in [0.25, 0.3) is 0 Å². The van der Waals surface area contributed by atoms with Gasteiger partial charge in [-0.1, -0.05) is 6.07 Å². The Hall–Kier alpha value is -1.77. The van der Waals surface area contributed by atoms with E-state index < -0.39 is 0 Å². The molecule has 2 aliphatic rings. The molecular formula is C18H22O3. The first-order chi connectivity index (χ1) is 10.3. The normalized spacial score (nSPS) is 19.8. The Morgan fingerprint density at radius 3 is 2.86 bits per heavy atom. The first-order valence-electron chi connectivity index (χ1n) is 7.93. The van der Waals surface area contributed by atoms with Crippen molar-refractivity contribution in [3.63, 3.8) is 0 Å². The van der Waals surface area contributed by atoms with Crippen LogP contribution in [-0.2, 0) is 16.0 Å². The second kappa shape index (κ2) is 6.33. The summed E-state index contributed by atoms with van der Waals surface area (Å²) in [5, 5.41) is 0. The second-order valence-corrected chi connectivity index (χ2v) is 5.76. The van der Waals surface area contributed by atoms with Crippen molar-refractivity contribution in [2.45, 2.75) is 51.6 Å². The summed E-state index contributed by atoms with van der Waals surface area (Å²) in [4.78, 5) is 11.6. The lowest BCUT2D eigenvalue weighted by molar-refractivity contribution is -0.137. The maximum absolute atomic E-state index is 11.6. The van der Waals surface area contributed by atoms with E-state index in [0.717, 1.165) is 24.2 Å². The zero-order chi connectivity index (χ0) is 14.7. The fourth-order valence-corrected chi connectivity index (χ4v) is 3.24. The van der Waals surface area contributed by atoms with Gasteiger partial charge in [-0.3, -0.25) is 0 Å². The van der Waals surface area contributed by atoms with Crippen LogP contribution in [0.25, 0.3) is 5.57 Å². The summed E-state index contributed by atoms with van der Waals surface area (Å²) >= 11 is 0. The number of allylic oxidation sites excluding steroid dienone is 1. The van der Waals surface area contributed by atoms with Gasteiger partial charge in [0.05, 0.1) is 12.7 Å². The summed E-state index contributed by atoms with van der Waals surface area (Å²) in [6, 6.07) is 6.25. The van der Waals surface area contributed by atoms with Crippen LogP contribution in [0.3, 0.4) is 0 Å². The maximum Gasteiger partial charge on any atom is 0.331 e. The topological polar surface area (TPSA) is 35.5 Å². The van der Waals surface area contributed by atoms with Crippen molar-refractivity contribution in [1.82, 2.24) is 0 Å². The molecule has 0 spiro atoms. The number of carbonyl (C=O) groups is 1. The highest BCUT2D eigenvalue weighted by Gasteiger charge is 2.20. The van der Waals surface area contributed by atoms with Gasteiger partial charge in [0, 0.05) is 6.08 Å². The third-order valence-electron chi connectivity index (χ3n) is 4.27. The van der Waals surface area contributed by atoms with Crippen molar-refractivity contribution in [2.75, 3.05) is 6.61 Å². The fraction of sp³-hybridized carbons (Fsp3) is 0.500. The van der Waals surface area contributed by atoms with Crippen LogP contribution in [0.15, 0.2) is 24.3 Å². The molecule has 0 aromatic heterocycles. The monoisotopic (exact) mass is 286 g/mol. The first kappa shape index (κ1) is 14.2. The van der Waals surface area contributed by atoms with Crippen LogP contribution >= 0.6 is 0 Å². The van der Waals surface area contributed by atoms with Crippen LogP contribution in [-0.4, -0.2) is 18.7 Å². The standard InChI is InChI=1S/C18H22O3/c1-2-20-18(19)12-14-8-7-13-11-16(9-10-17(13)14)21-15-5-3-4-6-15/h9-12,15H,2-8H2,1H3. The zero-order valence-electron chi connectivity index (χ0n) is 12.6. The number of carbonyl (C=O) groups excluding carboxylic acids is 1. The molecule has 3 nitrogen and oxygen atoms in total. The number of hydrogen-bond acceptors (Lipinski definition) is 3. The minimum absolute atomic E-state index is 0.244. The molecule has 112 valence electrons. The Labute approximate surface area is 125 Å². The summed E-state index contributed by atoms with van der Waals surface area (Å²) < 4.78 is 11.0. The van der Waals surface area contributed by atoms with Gasteiger partial charge in [0.15, 0.2) is 0 Å². The van der Waals surface area contributed by atoms with Crippen LogP contribution in [0, 0.1) is 0 Å². The molecule has 0 N–H and O–H groups in total. The molecule has 0 atom stereocenters. The largest absolute Gasteiger partial charge is 0.490 e. The van der Waals surface area contributed by atoms with Crippen LogP contribution in [0.1, 0.15) is 50.2 Å². The highest BCUT2D eigenvalue weighted by atomic mass is 16.5. The Morgan fingerprint density at radius 1 is 1.29 bits per heavy atom. The van der Waals surface area contributed by atoms with E-state index in [1.807, 2.05) is 13.0 Å². The maximum atomic E-state index is 11.6. The van der Waals surface area contributed by atoms with Gasteiger partial charge in [-0.2, -0.15) is 0 Å². The third-order valence-corrected chi connectivity index (χ3v) is 4.27. The van der Waals surface area contributed by atoms with E-state index in [4.69, 9.17) is 9.47 Å². The summed E-state index contributed by atoms with van der Waals surface area (Å²) in [5.41, 5.74) is 3.53. The van der Waals surface area contributed by atoms with Crippen molar-refractivity contribution in [1.29, 1.82) is 0 Å². The van der Waals surface area contributed by atoms with Gasteiger partial charge >= 0.3 is 5.97 Å². The number of ether oxygens (including phenoxy) is 2. The predicted octanol–water partition coefficient (Wildman–Crippen LogP) is 3.90. The summed E-state index contributed by atoms with van der Waals surface area (Å²) in [7, 11) is 0. The van der Waals surface area contributed by atoms with E-state index in [-0.39, 0.29) is 5.97 Å². The third kappa shape index (κ3) is 3.29. The van der Waals surface area contributed by atoms with Gasteiger partial charge in [0.2, 0.25) is 0 Å². The molecule has 1 fully saturated rings. The van der Waals surface area contributed by atoms with E-state index in [1.54, 1.807) is 6.08 Å². The van der Waals surface area contributed by atoms with Crippen LogP contribution in [0.5, 0.6) is 5.75 Å². The average Bonchev–Trinajstić information content (AvgIpc) is 3.09. The highest BCUT2D eigenvalue weighted by molar-refractivity contribution is 5.93. The number of aryl methyl sites for hydroxylation is 1. The van der Waals surface area contributed by atoms with Crippen molar-refractivity contribution >= 4 is 11.5 Å². The van der Waals surface area contributed by atoms with Crippen LogP contribution in [0.2, 0.25) is 0 Å². The molecule has 0 saturated heterocycles. The summed E-state index contributed by atoms with van der Waals surface area (Å²) in [5.74, 6) is 0.727. The van der Waals surface area contributed by atoms with Crippen molar-refractivity contribution < 1.29 is 14.3 Å². The van der Waals surface area contributed by atoms with E-state index in [9.17, 15) is 4.79 Å². The second-order valence-electron chi connectivity index (χ2n) is 5.76. The van der Waals surface area contributed by atoms with Crippen LogP contribution in [0.4, 0.5) is 0 Å². The van der Waals surface area contributed by atoms with Crippen molar-refractivity contribution in [3.05, 3.63) is 35.4 Å². The molecule has 3 heteroatoms. The molecular weight excluding hydrogens is 264 g/mol. The molecule has 21 heavy (non-hydrogen) atoms. The number of rotatable bonds is 4. The number of hydrogen-bond donors (Lipinski definition) is 0. The minimum Gasteiger partial charge on any atom is -0.490 e. The molecule has 1 saturated carbocycles. The van der Waals surface area contributed by atoms with E-state index in [0.29, 0.717) is 12.7 Å². The Kier molecular flexibility index (Phi) is 4.28. The van der Waals surface area contributed by atoms with Crippen molar-refractivity contribution in [3.8, 4) is 5.75 Å². The SMILES string of the molecule is CCOC(=O)C=C1CCc2cc(OC3CCCC3)ccc21. The van der Waals surface area contributed by atoms with Gasteiger partial charge < -0.3 is 9.47 Å². The molecule has 0 radical (unpaired) electrons. The molecule has 1 aromatic rings. The predicted molar refractivity (Wildman–Crippen MR) is 82.3 cm³/mol. The molecule has 0 bridgehead atoms.